The third-order valence-corrected chi connectivity index (χ3v) is 5.02. The largest absolute Gasteiger partial charge is 0.324 e. The molecule has 8 heteroatoms. The van der Waals surface area contributed by atoms with Gasteiger partial charge in [-0.2, -0.15) is 0 Å². The van der Waals surface area contributed by atoms with E-state index in [4.69, 9.17) is 23.2 Å². The minimum Gasteiger partial charge on any atom is -0.324 e. The number of amides is 1. The topological polar surface area (TPSA) is 66.5 Å². The second-order valence-electron chi connectivity index (χ2n) is 5.77. The standard InChI is InChI=1S/C17H18Cl2N2O3S/c1-11-4-5-16(12(2)6-11)21(25(3,23)24)10-17(22)20-15-8-13(18)7-14(19)9-15/h4-9H,10H2,1-3H3,(H,20,22). The SMILES string of the molecule is Cc1ccc(N(CC(=O)Nc2cc(Cl)cc(Cl)c2)S(C)(=O)=O)c(C)c1. The Kier molecular flexibility index (Phi) is 5.98. The minimum atomic E-state index is -3.64. The number of rotatable bonds is 5. The van der Waals surface area contributed by atoms with Crippen LogP contribution in [-0.2, 0) is 14.8 Å². The van der Waals surface area contributed by atoms with Crippen LogP contribution in [0.25, 0.3) is 0 Å². The smallest absolute Gasteiger partial charge is 0.245 e. The molecule has 0 unspecified atom stereocenters. The number of anilines is 2. The van der Waals surface area contributed by atoms with Crippen LogP contribution in [0.4, 0.5) is 11.4 Å². The monoisotopic (exact) mass is 400 g/mol. The highest BCUT2D eigenvalue weighted by Gasteiger charge is 2.22. The lowest BCUT2D eigenvalue weighted by molar-refractivity contribution is -0.114. The number of hydrogen-bond acceptors (Lipinski definition) is 3. The molecule has 134 valence electrons. The van der Waals surface area contributed by atoms with Gasteiger partial charge in [0.05, 0.1) is 11.9 Å². The summed E-state index contributed by atoms with van der Waals surface area (Å²) in [6, 6.07) is 9.96. The molecule has 0 atom stereocenters. The zero-order valence-corrected chi connectivity index (χ0v) is 16.3. The highest BCUT2D eigenvalue weighted by Crippen LogP contribution is 2.25. The van der Waals surface area contributed by atoms with Crippen LogP contribution in [0.5, 0.6) is 0 Å². The first-order valence-corrected chi connectivity index (χ1v) is 9.97. The van der Waals surface area contributed by atoms with Crippen molar-refractivity contribution < 1.29 is 13.2 Å². The molecule has 0 aromatic heterocycles. The lowest BCUT2D eigenvalue weighted by atomic mass is 10.1. The zero-order valence-electron chi connectivity index (χ0n) is 14.0. The molecular weight excluding hydrogens is 383 g/mol. The summed E-state index contributed by atoms with van der Waals surface area (Å²) in [5, 5.41) is 3.36. The quantitative estimate of drug-likeness (QED) is 0.823. The Balaban J connectivity index is 2.27. The van der Waals surface area contributed by atoms with Crippen LogP contribution in [0.15, 0.2) is 36.4 Å². The van der Waals surface area contributed by atoms with Crippen LogP contribution >= 0.6 is 23.2 Å². The van der Waals surface area contributed by atoms with Crippen LogP contribution in [0.3, 0.4) is 0 Å². The molecule has 0 heterocycles. The fourth-order valence-electron chi connectivity index (χ4n) is 2.42. The van der Waals surface area contributed by atoms with Gasteiger partial charge in [-0.05, 0) is 43.7 Å². The molecule has 0 saturated heterocycles. The number of carbonyl (C=O) groups is 1. The Hall–Kier alpha value is -1.76. The van der Waals surface area contributed by atoms with E-state index < -0.39 is 15.9 Å². The number of nitrogens with zero attached hydrogens (tertiary/aromatic N) is 1. The first kappa shape index (κ1) is 19.6. The van der Waals surface area contributed by atoms with Crippen molar-refractivity contribution in [1.29, 1.82) is 0 Å². The van der Waals surface area contributed by atoms with E-state index in [-0.39, 0.29) is 6.54 Å². The summed E-state index contributed by atoms with van der Waals surface area (Å²) in [5.74, 6) is -0.497. The number of halogens is 2. The molecule has 0 aliphatic carbocycles. The average Bonchev–Trinajstić information content (AvgIpc) is 2.43. The minimum absolute atomic E-state index is 0.354. The zero-order chi connectivity index (χ0) is 18.8. The van der Waals surface area contributed by atoms with Crippen molar-refractivity contribution in [2.75, 3.05) is 22.4 Å². The van der Waals surface area contributed by atoms with Gasteiger partial charge in [-0.25, -0.2) is 8.42 Å². The predicted octanol–water partition coefficient (Wildman–Crippen LogP) is 4.01. The fraction of sp³-hybridized carbons (Fsp3) is 0.235. The van der Waals surface area contributed by atoms with E-state index in [1.807, 2.05) is 13.0 Å². The van der Waals surface area contributed by atoms with Crippen LogP contribution in [0.1, 0.15) is 11.1 Å². The third kappa shape index (κ3) is 5.36. The number of carbonyl (C=O) groups excluding carboxylic acids is 1. The van der Waals surface area contributed by atoms with Crippen molar-refractivity contribution in [3.63, 3.8) is 0 Å². The summed E-state index contributed by atoms with van der Waals surface area (Å²) < 4.78 is 25.4. The fourth-order valence-corrected chi connectivity index (χ4v) is 3.86. The Bertz CT molecular complexity index is 894. The van der Waals surface area contributed by atoms with Gasteiger partial charge >= 0.3 is 0 Å². The number of nitrogens with one attached hydrogen (secondary N) is 1. The molecule has 0 fully saturated rings. The van der Waals surface area contributed by atoms with Crippen LogP contribution in [0, 0.1) is 13.8 Å². The van der Waals surface area contributed by atoms with E-state index in [9.17, 15) is 13.2 Å². The maximum Gasteiger partial charge on any atom is 0.245 e. The van der Waals surface area contributed by atoms with Crippen LogP contribution in [0.2, 0.25) is 10.0 Å². The number of hydrogen-bond donors (Lipinski definition) is 1. The van der Waals surface area contributed by atoms with Gasteiger partial charge in [0, 0.05) is 15.7 Å². The highest BCUT2D eigenvalue weighted by atomic mass is 35.5. The van der Waals surface area contributed by atoms with Gasteiger partial charge in [-0.15, -0.1) is 0 Å². The molecule has 5 nitrogen and oxygen atoms in total. The van der Waals surface area contributed by atoms with Crippen molar-refractivity contribution in [1.82, 2.24) is 0 Å². The number of sulfonamides is 1. The van der Waals surface area contributed by atoms with Crippen LogP contribution in [-0.4, -0.2) is 27.1 Å². The van der Waals surface area contributed by atoms with Crippen LogP contribution < -0.4 is 9.62 Å². The molecule has 1 amide bonds. The molecule has 2 aromatic rings. The summed E-state index contributed by atoms with van der Waals surface area (Å²) in [5.41, 5.74) is 2.64. The molecule has 2 aromatic carbocycles. The summed E-state index contributed by atoms with van der Waals surface area (Å²) >= 11 is 11.8. The van der Waals surface area contributed by atoms with Gasteiger partial charge in [0.2, 0.25) is 15.9 Å². The Morgan fingerprint density at radius 3 is 2.20 bits per heavy atom. The highest BCUT2D eigenvalue weighted by molar-refractivity contribution is 7.92. The summed E-state index contributed by atoms with van der Waals surface area (Å²) in [6.45, 7) is 3.36. The van der Waals surface area contributed by atoms with E-state index in [2.05, 4.69) is 5.32 Å². The van der Waals surface area contributed by atoms with Crippen molar-refractivity contribution in [3.8, 4) is 0 Å². The number of benzene rings is 2. The molecular formula is C17H18Cl2N2O3S. The lowest BCUT2D eigenvalue weighted by Crippen LogP contribution is -2.37. The third-order valence-electron chi connectivity index (χ3n) is 3.45. The second-order valence-corrected chi connectivity index (χ2v) is 8.55. The van der Waals surface area contributed by atoms with Gasteiger partial charge in [0.25, 0.3) is 0 Å². The molecule has 1 N–H and O–H groups in total. The van der Waals surface area contributed by atoms with Gasteiger partial charge in [-0.3, -0.25) is 9.10 Å². The first-order valence-electron chi connectivity index (χ1n) is 7.37. The maximum absolute atomic E-state index is 12.3. The second kappa shape index (κ2) is 7.64. The lowest BCUT2D eigenvalue weighted by Gasteiger charge is -2.24. The molecule has 25 heavy (non-hydrogen) atoms. The molecule has 0 aliphatic rings. The molecule has 0 saturated carbocycles. The Labute approximate surface area is 157 Å². The summed E-state index contributed by atoms with van der Waals surface area (Å²) in [6.07, 6.45) is 1.07. The van der Waals surface area contributed by atoms with Gasteiger partial charge < -0.3 is 5.32 Å². The molecule has 2 rings (SSSR count). The summed E-state index contributed by atoms with van der Waals surface area (Å²) in [4.78, 5) is 12.3. The van der Waals surface area contributed by atoms with E-state index in [1.54, 1.807) is 19.1 Å². The van der Waals surface area contributed by atoms with Crippen molar-refractivity contribution in [3.05, 3.63) is 57.6 Å². The molecule has 0 bridgehead atoms. The molecule has 0 spiro atoms. The molecule has 0 radical (unpaired) electrons. The van der Waals surface area contributed by atoms with Gasteiger partial charge in [-0.1, -0.05) is 40.9 Å². The predicted molar refractivity (Wildman–Crippen MR) is 103 cm³/mol. The Morgan fingerprint density at radius 2 is 1.68 bits per heavy atom. The normalized spacial score (nSPS) is 11.2. The first-order chi connectivity index (χ1) is 11.6. The molecule has 0 aliphatic heterocycles. The van der Waals surface area contributed by atoms with Gasteiger partial charge in [0.1, 0.15) is 6.54 Å². The van der Waals surface area contributed by atoms with Crippen molar-refractivity contribution in [2.24, 2.45) is 0 Å². The van der Waals surface area contributed by atoms with Crippen molar-refractivity contribution >= 4 is 50.5 Å². The number of aryl methyl sites for hydroxylation is 2. The van der Waals surface area contributed by atoms with Gasteiger partial charge in [0.15, 0.2) is 0 Å². The summed E-state index contributed by atoms with van der Waals surface area (Å²) in [7, 11) is -3.64. The average molecular weight is 401 g/mol. The van der Waals surface area contributed by atoms with E-state index in [0.717, 1.165) is 21.7 Å². The van der Waals surface area contributed by atoms with Crippen molar-refractivity contribution in [2.45, 2.75) is 13.8 Å². The van der Waals surface area contributed by atoms with E-state index in [0.29, 0.717) is 21.4 Å². The van der Waals surface area contributed by atoms with E-state index >= 15 is 0 Å². The van der Waals surface area contributed by atoms with E-state index in [1.165, 1.54) is 18.2 Å². The maximum atomic E-state index is 12.3. The Morgan fingerprint density at radius 1 is 1.08 bits per heavy atom.